The van der Waals surface area contributed by atoms with Crippen LogP contribution in [0.1, 0.15) is 17.3 Å². The molecule has 0 fully saturated rings. The van der Waals surface area contributed by atoms with Gasteiger partial charge < -0.3 is 4.74 Å². The van der Waals surface area contributed by atoms with E-state index in [1.165, 1.54) is 10.9 Å². The van der Waals surface area contributed by atoms with E-state index in [-0.39, 0.29) is 11.1 Å². The molecule has 0 saturated carbocycles. The number of tetrazole rings is 1. The van der Waals surface area contributed by atoms with E-state index in [0.717, 1.165) is 0 Å². The zero-order valence-electron chi connectivity index (χ0n) is 11.8. The second kappa shape index (κ2) is 7.14. The van der Waals surface area contributed by atoms with Gasteiger partial charge in [-0.05, 0) is 42.6 Å². The van der Waals surface area contributed by atoms with Gasteiger partial charge in [-0.3, -0.25) is 15.4 Å². The first kappa shape index (κ1) is 16.1. The maximum Gasteiger partial charge on any atom is 0.269 e. The molecular weight excluding hydrogens is 328 g/mol. The van der Waals surface area contributed by atoms with Crippen molar-refractivity contribution in [2.75, 3.05) is 11.9 Å². The number of nitrogens with zero attached hydrogens (tertiary/aromatic N) is 4. The topological polar surface area (TPSA) is 94.0 Å². The lowest BCUT2D eigenvalue weighted by molar-refractivity contribution is 0.0977. The van der Waals surface area contributed by atoms with Gasteiger partial charge in [0, 0.05) is 5.56 Å². The molecule has 10 heteroatoms. The molecule has 0 aliphatic carbocycles. The van der Waals surface area contributed by atoms with Crippen LogP contribution in [0.2, 0.25) is 5.02 Å². The van der Waals surface area contributed by atoms with E-state index in [4.69, 9.17) is 28.6 Å². The molecule has 0 radical (unpaired) electrons. The lowest BCUT2D eigenvalue weighted by Crippen LogP contribution is -2.34. The number of thiocarbonyl (C=S) groups is 1. The minimum Gasteiger partial charge on any atom is -0.492 e. The summed E-state index contributed by atoms with van der Waals surface area (Å²) in [7, 11) is 1.61. The third-order valence-corrected chi connectivity index (χ3v) is 2.95. The highest BCUT2D eigenvalue weighted by Crippen LogP contribution is 2.25. The van der Waals surface area contributed by atoms with Crippen molar-refractivity contribution in [2.24, 2.45) is 7.05 Å². The summed E-state index contributed by atoms with van der Waals surface area (Å²) in [5.41, 5.74) is 0.352. The van der Waals surface area contributed by atoms with Gasteiger partial charge in [0.2, 0.25) is 0 Å². The van der Waals surface area contributed by atoms with E-state index < -0.39 is 5.91 Å². The molecule has 1 heterocycles. The lowest BCUT2D eigenvalue weighted by atomic mass is 10.2. The molecule has 8 nitrogen and oxygen atoms in total. The predicted molar refractivity (Wildman–Crippen MR) is 85.1 cm³/mol. The quantitative estimate of drug-likeness (QED) is 0.812. The van der Waals surface area contributed by atoms with Crippen LogP contribution in [0.15, 0.2) is 18.2 Å². The van der Waals surface area contributed by atoms with Crippen LogP contribution < -0.4 is 15.4 Å². The first-order valence-corrected chi connectivity index (χ1v) is 7.07. The maximum atomic E-state index is 12.1. The molecule has 0 atom stereocenters. The number of hydrogen-bond donors (Lipinski definition) is 2. The summed E-state index contributed by atoms with van der Waals surface area (Å²) < 4.78 is 5.31. The Balaban J connectivity index is 1.99. The van der Waals surface area contributed by atoms with E-state index in [9.17, 15) is 4.79 Å². The molecule has 0 aliphatic heterocycles. The standard InChI is InChI=1S/C12H13ClN6O2S/c1-3-21-9-5-4-7(6-8(9)13)10(20)14-12(22)15-11-16-18-19(2)17-11/h4-6H,3H2,1-2H3,(H2,14,15,17,20,22). The number of amides is 1. The number of carbonyl (C=O) groups is 1. The first-order valence-electron chi connectivity index (χ1n) is 6.28. The van der Waals surface area contributed by atoms with Crippen molar-refractivity contribution in [3.05, 3.63) is 28.8 Å². The Hall–Kier alpha value is -2.26. The summed E-state index contributed by atoms with van der Waals surface area (Å²) in [5, 5.41) is 16.8. The number of rotatable bonds is 4. The molecule has 22 heavy (non-hydrogen) atoms. The Morgan fingerprint density at radius 1 is 1.50 bits per heavy atom. The fourth-order valence-electron chi connectivity index (χ4n) is 1.56. The van der Waals surface area contributed by atoms with Crippen molar-refractivity contribution in [3.63, 3.8) is 0 Å². The second-order valence-electron chi connectivity index (χ2n) is 4.09. The Bertz CT molecular complexity index is 705. The van der Waals surface area contributed by atoms with Crippen molar-refractivity contribution >= 4 is 40.8 Å². The van der Waals surface area contributed by atoms with Crippen LogP contribution in [-0.2, 0) is 7.05 Å². The van der Waals surface area contributed by atoms with Gasteiger partial charge in [0.25, 0.3) is 11.9 Å². The maximum absolute atomic E-state index is 12.1. The monoisotopic (exact) mass is 340 g/mol. The number of anilines is 1. The summed E-state index contributed by atoms with van der Waals surface area (Å²) >= 11 is 11.0. The third kappa shape index (κ3) is 4.12. The lowest BCUT2D eigenvalue weighted by Gasteiger charge is -2.09. The number of carbonyl (C=O) groups excluding carboxylic acids is 1. The number of aryl methyl sites for hydroxylation is 1. The van der Waals surface area contributed by atoms with E-state index in [1.807, 2.05) is 6.92 Å². The molecule has 1 amide bonds. The van der Waals surface area contributed by atoms with Gasteiger partial charge in [0.1, 0.15) is 5.75 Å². The highest BCUT2D eigenvalue weighted by atomic mass is 35.5. The summed E-state index contributed by atoms with van der Waals surface area (Å²) in [4.78, 5) is 13.3. The minimum atomic E-state index is -0.411. The Morgan fingerprint density at radius 2 is 2.27 bits per heavy atom. The van der Waals surface area contributed by atoms with Crippen molar-refractivity contribution in [1.82, 2.24) is 25.5 Å². The third-order valence-electron chi connectivity index (χ3n) is 2.45. The molecule has 0 bridgehead atoms. The smallest absolute Gasteiger partial charge is 0.269 e. The van der Waals surface area contributed by atoms with Crippen LogP contribution >= 0.6 is 23.8 Å². The molecule has 0 spiro atoms. The number of hydrogen-bond acceptors (Lipinski definition) is 6. The highest BCUT2D eigenvalue weighted by molar-refractivity contribution is 7.80. The summed E-state index contributed by atoms with van der Waals surface area (Å²) in [6.45, 7) is 2.34. The number of ether oxygens (including phenoxy) is 1. The molecule has 2 rings (SSSR count). The number of aromatic nitrogens is 4. The van der Waals surface area contributed by atoms with Crippen molar-refractivity contribution in [1.29, 1.82) is 0 Å². The molecule has 0 unspecified atom stereocenters. The summed E-state index contributed by atoms with van der Waals surface area (Å²) in [6.07, 6.45) is 0. The van der Waals surface area contributed by atoms with Crippen LogP contribution in [0, 0.1) is 0 Å². The largest absolute Gasteiger partial charge is 0.492 e. The van der Waals surface area contributed by atoms with Crippen LogP contribution in [0.4, 0.5) is 5.95 Å². The van der Waals surface area contributed by atoms with E-state index in [2.05, 4.69) is 26.0 Å². The molecule has 1 aromatic carbocycles. The van der Waals surface area contributed by atoms with Crippen LogP contribution in [-0.4, -0.2) is 37.8 Å². The van der Waals surface area contributed by atoms with E-state index >= 15 is 0 Å². The summed E-state index contributed by atoms with van der Waals surface area (Å²) in [5.74, 6) is 0.300. The fourth-order valence-corrected chi connectivity index (χ4v) is 1.98. The van der Waals surface area contributed by atoms with Crippen LogP contribution in [0.25, 0.3) is 0 Å². The van der Waals surface area contributed by atoms with Gasteiger partial charge in [0.15, 0.2) is 5.11 Å². The van der Waals surface area contributed by atoms with Gasteiger partial charge in [-0.15, -0.1) is 5.10 Å². The van der Waals surface area contributed by atoms with E-state index in [1.54, 1.807) is 19.2 Å². The van der Waals surface area contributed by atoms with Crippen LogP contribution in [0.5, 0.6) is 5.75 Å². The highest BCUT2D eigenvalue weighted by Gasteiger charge is 2.12. The average molecular weight is 341 g/mol. The van der Waals surface area contributed by atoms with Crippen molar-refractivity contribution in [2.45, 2.75) is 6.92 Å². The molecule has 1 aromatic heterocycles. The fraction of sp³-hybridized carbons (Fsp3) is 0.250. The molecule has 0 aliphatic rings. The number of nitrogens with one attached hydrogen (secondary N) is 2. The molecule has 2 N–H and O–H groups in total. The van der Waals surface area contributed by atoms with E-state index in [0.29, 0.717) is 22.9 Å². The van der Waals surface area contributed by atoms with Gasteiger partial charge in [-0.1, -0.05) is 16.7 Å². The van der Waals surface area contributed by atoms with Crippen LogP contribution in [0.3, 0.4) is 0 Å². The number of halogens is 1. The Labute approximate surface area is 136 Å². The normalized spacial score (nSPS) is 10.1. The Morgan fingerprint density at radius 3 is 2.86 bits per heavy atom. The number of benzene rings is 1. The van der Waals surface area contributed by atoms with Gasteiger partial charge in [-0.2, -0.15) is 4.80 Å². The SMILES string of the molecule is CCOc1ccc(C(=O)NC(=S)Nc2nnn(C)n2)cc1Cl. The van der Waals surface area contributed by atoms with Gasteiger partial charge >= 0.3 is 0 Å². The molecule has 116 valence electrons. The zero-order valence-corrected chi connectivity index (χ0v) is 13.4. The first-order chi connectivity index (χ1) is 10.5. The van der Waals surface area contributed by atoms with Gasteiger partial charge in [-0.25, -0.2) is 0 Å². The van der Waals surface area contributed by atoms with Gasteiger partial charge in [0.05, 0.1) is 18.7 Å². The second-order valence-corrected chi connectivity index (χ2v) is 4.90. The predicted octanol–water partition coefficient (Wildman–Crippen LogP) is 1.39. The summed E-state index contributed by atoms with van der Waals surface area (Å²) in [6, 6.07) is 4.72. The molecule has 0 saturated heterocycles. The zero-order chi connectivity index (χ0) is 16.1. The van der Waals surface area contributed by atoms with Crippen molar-refractivity contribution in [3.8, 4) is 5.75 Å². The molecular formula is C12H13ClN6O2S. The molecule has 2 aromatic rings. The Kier molecular flexibility index (Phi) is 5.23. The van der Waals surface area contributed by atoms with Crippen molar-refractivity contribution < 1.29 is 9.53 Å². The minimum absolute atomic E-state index is 0.0583. The average Bonchev–Trinajstić information content (AvgIpc) is 2.86.